The van der Waals surface area contributed by atoms with Crippen LogP contribution in [0.25, 0.3) is 0 Å². The predicted octanol–water partition coefficient (Wildman–Crippen LogP) is 5.39. The minimum absolute atomic E-state index is 0.0314. The van der Waals surface area contributed by atoms with Crippen LogP contribution in [0.3, 0.4) is 0 Å². The van der Waals surface area contributed by atoms with Crippen LogP contribution in [0.2, 0.25) is 0 Å². The van der Waals surface area contributed by atoms with Crippen LogP contribution in [-0.2, 0) is 14.9 Å². The Labute approximate surface area is 193 Å². The maximum absolute atomic E-state index is 13.0. The third-order valence-corrected chi connectivity index (χ3v) is 8.42. The Balaban J connectivity index is 1.28. The highest BCUT2D eigenvalue weighted by Gasteiger charge is 2.48. The van der Waals surface area contributed by atoms with Crippen molar-refractivity contribution in [3.63, 3.8) is 0 Å². The van der Waals surface area contributed by atoms with Crippen LogP contribution in [0.5, 0.6) is 0 Å². The van der Waals surface area contributed by atoms with Gasteiger partial charge in [0, 0.05) is 24.5 Å². The van der Waals surface area contributed by atoms with Gasteiger partial charge in [-0.15, -0.1) is 0 Å². The van der Waals surface area contributed by atoms with Gasteiger partial charge in [-0.3, -0.25) is 4.79 Å². The zero-order valence-corrected chi connectivity index (χ0v) is 20.5. The van der Waals surface area contributed by atoms with Crippen LogP contribution in [0, 0.1) is 11.3 Å². The minimum Gasteiger partial charge on any atom is -0.453 e. The first-order valence-corrected chi connectivity index (χ1v) is 12.3. The highest BCUT2D eigenvalue weighted by molar-refractivity contribution is 5.81. The van der Waals surface area contributed by atoms with E-state index in [0.29, 0.717) is 24.2 Å². The fourth-order valence-electron chi connectivity index (χ4n) is 6.26. The first-order chi connectivity index (χ1) is 15.0. The first-order valence-electron chi connectivity index (χ1n) is 12.3. The van der Waals surface area contributed by atoms with Gasteiger partial charge in [-0.1, -0.05) is 45.0 Å². The van der Waals surface area contributed by atoms with Gasteiger partial charge in [-0.05, 0) is 79.7 Å². The van der Waals surface area contributed by atoms with Crippen molar-refractivity contribution in [2.75, 3.05) is 20.2 Å². The molecule has 3 aliphatic rings. The van der Waals surface area contributed by atoms with Gasteiger partial charge in [-0.2, -0.15) is 0 Å². The van der Waals surface area contributed by atoms with E-state index in [-0.39, 0.29) is 22.8 Å². The summed E-state index contributed by atoms with van der Waals surface area (Å²) < 4.78 is 4.70. The molecule has 0 aromatic heterocycles. The smallest absolute Gasteiger partial charge is 0.407 e. The Morgan fingerprint density at radius 2 is 1.66 bits per heavy atom. The van der Waals surface area contributed by atoms with Gasteiger partial charge in [0.1, 0.15) is 0 Å². The van der Waals surface area contributed by atoms with Crippen molar-refractivity contribution in [1.82, 2.24) is 10.2 Å². The minimum atomic E-state index is -0.415. The molecule has 1 unspecified atom stereocenters. The first kappa shape index (κ1) is 23.1. The molecule has 0 bridgehead atoms. The summed E-state index contributed by atoms with van der Waals surface area (Å²) in [6.07, 6.45) is 7.05. The monoisotopic (exact) mass is 440 g/mol. The Morgan fingerprint density at radius 3 is 2.22 bits per heavy atom. The Kier molecular flexibility index (Phi) is 6.06. The van der Waals surface area contributed by atoms with Crippen molar-refractivity contribution in [2.24, 2.45) is 11.3 Å². The maximum atomic E-state index is 13.0. The molecule has 176 valence electrons. The van der Waals surface area contributed by atoms with Crippen LogP contribution in [-0.4, -0.2) is 42.6 Å². The van der Waals surface area contributed by atoms with Gasteiger partial charge >= 0.3 is 6.09 Å². The van der Waals surface area contributed by atoms with Crippen LogP contribution in [0.1, 0.15) is 89.7 Å². The average molecular weight is 441 g/mol. The number of nitrogens with one attached hydrogen (secondary N) is 1. The molecule has 4 rings (SSSR count). The van der Waals surface area contributed by atoms with Gasteiger partial charge < -0.3 is 15.0 Å². The number of hydrogen-bond donors (Lipinski definition) is 1. The number of methoxy groups -OCH3 is 1. The van der Waals surface area contributed by atoms with Crippen LogP contribution in [0.4, 0.5) is 4.79 Å². The highest BCUT2D eigenvalue weighted by atomic mass is 16.5. The number of carbonyl (C=O) groups is 2. The molecule has 1 aromatic rings. The molecule has 1 aliphatic heterocycles. The normalized spacial score (nSPS) is 29.5. The summed E-state index contributed by atoms with van der Waals surface area (Å²) in [6.45, 7) is 10.5. The molecule has 1 aromatic carbocycles. The Morgan fingerprint density at radius 1 is 1.03 bits per heavy atom. The van der Waals surface area contributed by atoms with Crippen LogP contribution < -0.4 is 5.32 Å². The van der Waals surface area contributed by atoms with Crippen LogP contribution in [0.15, 0.2) is 24.3 Å². The molecule has 5 heteroatoms. The summed E-state index contributed by atoms with van der Waals surface area (Å²) in [6, 6.07) is 9.31. The summed E-state index contributed by atoms with van der Waals surface area (Å²) in [4.78, 5) is 26.6. The third kappa shape index (κ3) is 4.67. The summed E-state index contributed by atoms with van der Waals surface area (Å²) >= 11 is 0. The topological polar surface area (TPSA) is 58.6 Å². The fraction of sp³-hybridized carbons (Fsp3) is 0.704. The quantitative estimate of drug-likeness (QED) is 0.686. The van der Waals surface area contributed by atoms with Crippen molar-refractivity contribution < 1.29 is 14.3 Å². The number of rotatable bonds is 3. The molecule has 1 atom stereocenters. The SMILES string of the molecule is COC(=O)N[C@]1(C)C[C@H](C(=O)N2CCC3(CCC(c4ccc(C(C)(C)C)cc4)C3)CC2)C1. The van der Waals surface area contributed by atoms with E-state index < -0.39 is 6.09 Å². The molecule has 32 heavy (non-hydrogen) atoms. The molecular formula is C27H40N2O3. The number of nitrogens with zero attached hydrogens (tertiary/aromatic N) is 1. The highest BCUT2D eigenvalue weighted by Crippen LogP contribution is 2.52. The lowest BCUT2D eigenvalue weighted by molar-refractivity contribution is -0.143. The van der Waals surface area contributed by atoms with E-state index in [0.717, 1.165) is 25.9 Å². The van der Waals surface area contributed by atoms with Gasteiger partial charge in [0.2, 0.25) is 5.91 Å². The summed E-state index contributed by atoms with van der Waals surface area (Å²) in [5, 5.41) is 2.87. The number of ether oxygens (including phenoxy) is 1. The van der Waals surface area contributed by atoms with E-state index in [1.165, 1.54) is 37.5 Å². The van der Waals surface area contributed by atoms with Crippen molar-refractivity contribution in [1.29, 1.82) is 0 Å². The van der Waals surface area contributed by atoms with E-state index >= 15 is 0 Å². The van der Waals surface area contributed by atoms with Crippen molar-refractivity contribution in [2.45, 2.75) is 89.5 Å². The lowest BCUT2D eigenvalue weighted by Crippen LogP contribution is -2.59. The van der Waals surface area contributed by atoms with Gasteiger partial charge in [-0.25, -0.2) is 4.79 Å². The summed E-state index contributed by atoms with van der Waals surface area (Å²) in [5.41, 5.74) is 3.17. The zero-order chi connectivity index (χ0) is 23.1. The second-order valence-electron chi connectivity index (χ2n) is 11.9. The van der Waals surface area contributed by atoms with Gasteiger partial charge in [0.25, 0.3) is 0 Å². The van der Waals surface area contributed by atoms with E-state index in [2.05, 4.69) is 55.3 Å². The lowest BCUT2D eigenvalue weighted by atomic mass is 9.68. The molecule has 3 fully saturated rings. The van der Waals surface area contributed by atoms with Crippen molar-refractivity contribution in [3.8, 4) is 0 Å². The molecule has 2 amide bonds. The molecule has 1 heterocycles. The molecule has 0 radical (unpaired) electrons. The number of piperidine rings is 1. The molecule has 1 N–H and O–H groups in total. The van der Waals surface area contributed by atoms with E-state index in [4.69, 9.17) is 4.74 Å². The number of carbonyl (C=O) groups excluding carboxylic acids is 2. The third-order valence-electron chi connectivity index (χ3n) is 8.42. The molecular weight excluding hydrogens is 400 g/mol. The van der Waals surface area contributed by atoms with Crippen molar-refractivity contribution >= 4 is 12.0 Å². The van der Waals surface area contributed by atoms with Crippen LogP contribution >= 0.6 is 0 Å². The van der Waals surface area contributed by atoms with E-state index in [1.54, 1.807) is 0 Å². The number of hydrogen-bond acceptors (Lipinski definition) is 3. The van der Waals surface area contributed by atoms with Gasteiger partial charge in [0.05, 0.1) is 7.11 Å². The van der Waals surface area contributed by atoms with E-state index in [1.807, 2.05) is 6.92 Å². The lowest BCUT2D eigenvalue weighted by Gasteiger charge is -2.47. The summed E-state index contributed by atoms with van der Waals surface area (Å²) in [5.74, 6) is 0.961. The Hall–Kier alpha value is -2.04. The molecule has 2 aliphatic carbocycles. The Bertz CT molecular complexity index is 841. The molecule has 1 spiro atoms. The summed E-state index contributed by atoms with van der Waals surface area (Å²) in [7, 11) is 1.37. The second kappa shape index (κ2) is 8.39. The fourth-order valence-corrected chi connectivity index (χ4v) is 6.26. The number of benzene rings is 1. The standard InChI is InChI=1S/C27H40N2O3/c1-25(2,3)22-8-6-19(7-9-22)20-10-11-27(18-20)12-14-29(15-13-27)23(30)21-16-26(4,17-21)28-24(31)32-5/h6-9,20-21H,10-18H2,1-5H3,(H,28,31)/t20?,21-,26+. The number of alkyl carbamates (subject to hydrolysis) is 1. The molecule has 2 saturated carbocycles. The number of amides is 2. The average Bonchev–Trinajstić information content (AvgIpc) is 3.15. The number of likely N-dealkylation sites (tertiary alicyclic amines) is 1. The predicted molar refractivity (Wildman–Crippen MR) is 127 cm³/mol. The maximum Gasteiger partial charge on any atom is 0.407 e. The second-order valence-corrected chi connectivity index (χ2v) is 11.9. The largest absolute Gasteiger partial charge is 0.453 e. The van der Waals surface area contributed by atoms with Crippen molar-refractivity contribution in [3.05, 3.63) is 35.4 Å². The zero-order valence-electron chi connectivity index (χ0n) is 20.5. The van der Waals surface area contributed by atoms with E-state index in [9.17, 15) is 9.59 Å². The molecule has 5 nitrogen and oxygen atoms in total. The van der Waals surface area contributed by atoms with Gasteiger partial charge in [0.15, 0.2) is 0 Å². The molecule has 1 saturated heterocycles.